The van der Waals surface area contributed by atoms with Gasteiger partial charge in [-0.1, -0.05) is 24.6 Å². The third-order valence-electron chi connectivity index (χ3n) is 2.15. The van der Waals surface area contributed by atoms with Crippen molar-refractivity contribution < 1.29 is 0 Å². The van der Waals surface area contributed by atoms with Crippen LogP contribution in [0.1, 0.15) is 18.9 Å². The van der Waals surface area contributed by atoms with Gasteiger partial charge in [-0.25, -0.2) is 5.10 Å². The maximum absolute atomic E-state index is 11.3. The molecule has 0 atom stereocenters. The molecular weight excluding hydrogens is 178 g/mol. The van der Waals surface area contributed by atoms with Gasteiger partial charge in [-0.05, 0) is 24.1 Å². The van der Waals surface area contributed by atoms with Crippen LogP contribution in [0.2, 0.25) is 0 Å². The number of aryl methyl sites for hydroxylation is 1. The lowest BCUT2D eigenvalue weighted by Crippen LogP contribution is -2.09. The molecule has 4 heteroatoms. The van der Waals surface area contributed by atoms with E-state index in [1.807, 2.05) is 12.1 Å². The quantitative estimate of drug-likeness (QED) is 0.773. The molecule has 0 amide bonds. The van der Waals surface area contributed by atoms with E-state index in [-0.39, 0.29) is 5.56 Å². The van der Waals surface area contributed by atoms with Gasteiger partial charge in [-0.2, -0.15) is 0 Å². The number of aromatic nitrogens is 3. The van der Waals surface area contributed by atoms with Crippen molar-refractivity contribution >= 4 is 10.9 Å². The number of fused-ring (bicyclic) bond motifs is 1. The highest BCUT2D eigenvalue weighted by Gasteiger charge is 2.00. The zero-order valence-corrected chi connectivity index (χ0v) is 7.95. The van der Waals surface area contributed by atoms with Crippen molar-refractivity contribution in [3.8, 4) is 0 Å². The molecule has 0 aliphatic carbocycles. The number of aromatic amines is 1. The number of rotatable bonds is 2. The second kappa shape index (κ2) is 3.57. The number of nitrogens with zero attached hydrogens (tertiary/aromatic N) is 2. The third-order valence-corrected chi connectivity index (χ3v) is 2.15. The van der Waals surface area contributed by atoms with Crippen LogP contribution in [0.3, 0.4) is 0 Å². The van der Waals surface area contributed by atoms with Crippen LogP contribution in [0.15, 0.2) is 23.0 Å². The molecule has 0 spiro atoms. The Hall–Kier alpha value is -1.71. The second-order valence-corrected chi connectivity index (χ2v) is 3.24. The maximum Gasteiger partial charge on any atom is 0.275 e. The van der Waals surface area contributed by atoms with Crippen molar-refractivity contribution in [2.24, 2.45) is 0 Å². The van der Waals surface area contributed by atoms with E-state index in [1.54, 1.807) is 6.07 Å². The first-order chi connectivity index (χ1) is 6.81. The van der Waals surface area contributed by atoms with Gasteiger partial charge in [0.2, 0.25) is 0 Å². The van der Waals surface area contributed by atoms with E-state index in [4.69, 9.17) is 0 Å². The van der Waals surface area contributed by atoms with Crippen molar-refractivity contribution in [1.82, 2.24) is 15.4 Å². The van der Waals surface area contributed by atoms with E-state index in [2.05, 4.69) is 22.3 Å². The number of hydrogen-bond donors (Lipinski definition) is 1. The van der Waals surface area contributed by atoms with Crippen molar-refractivity contribution in [2.45, 2.75) is 19.8 Å². The van der Waals surface area contributed by atoms with Crippen LogP contribution in [-0.4, -0.2) is 15.4 Å². The van der Waals surface area contributed by atoms with Crippen molar-refractivity contribution in [3.05, 3.63) is 34.1 Å². The molecule has 72 valence electrons. The summed E-state index contributed by atoms with van der Waals surface area (Å²) in [6, 6.07) is 5.68. The first kappa shape index (κ1) is 8.87. The summed E-state index contributed by atoms with van der Waals surface area (Å²) in [5, 5.41) is 10.3. The summed E-state index contributed by atoms with van der Waals surface area (Å²) in [6.45, 7) is 2.12. The molecule has 0 unspecified atom stereocenters. The van der Waals surface area contributed by atoms with Gasteiger partial charge in [-0.3, -0.25) is 4.79 Å². The number of hydrogen-bond acceptors (Lipinski definition) is 3. The van der Waals surface area contributed by atoms with Crippen LogP contribution in [0.25, 0.3) is 10.9 Å². The van der Waals surface area contributed by atoms with E-state index in [1.165, 1.54) is 5.56 Å². The highest BCUT2D eigenvalue weighted by Crippen LogP contribution is 2.10. The minimum absolute atomic E-state index is 0.182. The topological polar surface area (TPSA) is 58.6 Å². The fourth-order valence-corrected chi connectivity index (χ4v) is 1.48. The Labute approximate surface area is 81.0 Å². The Morgan fingerprint density at radius 3 is 3.07 bits per heavy atom. The van der Waals surface area contributed by atoms with Crippen LogP contribution < -0.4 is 5.56 Å². The van der Waals surface area contributed by atoms with Crippen molar-refractivity contribution in [3.63, 3.8) is 0 Å². The average molecular weight is 189 g/mol. The Kier molecular flexibility index (Phi) is 2.26. The Balaban J connectivity index is 2.61. The molecule has 0 aliphatic rings. The molecule has 0 bridgehead atoms. The number of H-pyrrole nitrogens is 1. The lowest BCUT2D eigenvalue weighted by Gasteiger charge is -1.99. The summed E-state index contributed by atoms with van der Waals surface area (Å²) < 4.78 is 0. The monoisotopic (exact) mass is 189 g/mol. The molecule has 4 nitrogen and oxygen atoms in total. The summed E-state index contributed by atoms with van der Waals surface area (Å²) >= 11 is 0. The zero-order valence-electron chi connectivity index (χ0n) is 7.95. The largest absolute Gasteiger partial charge is 0.275 e. The van der Waals surface area contributed by atoms with Gasteiger partial charge in [0.15, 0.2) is 0 Å². The molecule has 1 heterocycles. The molecule has 0 radical (unpaired) electrons. The first-order valence-corrected chi connectivity index (χ1v) is 4.65. The van der Waals surface area contributed by atoms with Gasteiger partial charge in [0.05, 0.1) is 5.39 Å². The van der Waals surface area contributed by atoms with Gasteiger partial charge < -0.3 is 0 Å². The van der Waals surface area contributed by atoms with E-state index in [0.717, 1.165) is 12.8 Å². The molecule has 1 N–H and O–H groups in total. The molecule has 14 heavy (non-hydrogen) atoms. The third kappa shape index (κ3) is 1.51. The second-order valence-electron chi connectivity index (χ2n) is 3.24. The Morgan fingerprint density at radius 1 is 1.43 bits per heavy atom. The van der Waals surface area contributed by atoms with Gasteiger partial charge >= 0.3 is 0 Å². The fraction of sp³-hybridized carbons (Fsp3) is 0.300. The Morgan fingerprint density at radius 2 is 2.29 bits per heavy atom. The lowest BCUT2D eigenvalue weighted by atomic mass is 10.1. The SMILES string of the molecule is CCCc1ccc2c(=O)[nH]nnc2c1. The van der Waals surface area contributed by atoms with E-state index in [0.29, 0.717) is 10.9 Å². The van der Waals surface area contributed by atoms with Crippen molar-refractivity contribution in [2.75, 3.05) is 0 Å². The van der Waals surface area contributed by atoms with E-state index in [9.17, 15) is 4.79 Å². The average Bonchev–Trinajstić information content (AvgIpc) is 2.18. The summed E-state index contributed by atoms with van der Waals surface area (Å²) in [6.07, 6.45) is 2.09. The molecule has 2 aromatic rings. The molecule has 1 aromatic heterocycles. The molecule has 0 saturated carbocycles. The fourth-order valence-electron chi connectivity index (χ4n) is 1.48. The predicted molar refractivity (Wildman–Crippen MR) is 54.2 cm³/mol. The number of benzene rings is 1. The summed E-state index contributed by atoms with van der Waals surface area (Å²) in [7, 11) is 0. The van der Waals surface area contributed by atoms with Crippen LogP contribution >= 0.6 is 0 Å². The highest BCUT2D eigenvalue weighted by molar-refractivity contribution is 5.77. The Bertz CT molecular complexity index is 504. The minimum Gasteiger partial charge on any atom is -0.267 e. The van der Waals surface area contributed by atoms with Crippen LogP contribution in [0.4, 0.5) is 0 Å². The van der Waals surface area contributed by atoms with Crippen LogP contribution in [-0.2, 0) is 6.42 Å². The molecule has 0 saturated heterocycles. The molecule has 0 fully saturated rings. The van der Waals surface area contributed by atoms with E-state index < -0.39 is 0 Å². The molecular formula is C10H11N3O. The zero-order chi connectivity index (χ0) is 9.97. The predicted octanol–water partition coefficient (Wildman–Crippen LogP) is 1.27. The van der Waals surface area contributed by atoms with Crippen LogP contribution in [0, 0.1) is 0 Å². The summed E-state index contributed by atoms with van der Waals surface area (Å²) in [4.78, 5) is 11.3. The van der Waals surface area contributed by atoms with Gasteiger partial charge in [0, 0.05) is 0 Å². The minimum atomic E-state index is -0.182. The molecule has 2 rings (SSSR count). The van der Waals surface area contributed by atoms with Gasteiger partial charge in [-0.15, -0.1) is 5.10 Å². The van der Waals surface area contributed by atoms with Crippen LogP contribution in [0.5, 0.6) is 0 Å². The molecule has 0 aliphatic heterocycles. The summed E-state index contributed by atoms with van der Waals surface area (Å²) in [5.41, 5.74) is 1.68. The van der Waals surface area contributed by atoms with Gasteiger partial charge in [0.25, 0.3) is 5.56 Å². The van der Waals surface area contributed by atoms with E-state index >= 15 is 0 Å². The maximum atomic E-state index is 11.3. The normalized spacial score (nSPS) is 10.6. The van der Waals surface area contributed by atoms with Crippen molar-refractivity contribution in [1.29, 1.82) is 0 Å². The van der Waals surface area contributed by atoms with Gasteiger partial charge in [0.1, 0.15) is 5.52 Å². The highest BCUT2D eigenvalue weighted by atomic mass is 16.1. The summed E-state index contributed by atoms with van der Waals surface area (Å²) in [5.74, 6) is 0. The molecule has 1 aromatic carbocycles. The lowest BCUT2D eigenvalue weighted by molar-refractivity contribution is 0.869. The first-order valence-electron chi connectivity index (χ1n) is 4.65. The number of nitrogens with one attached hydrogen (secondary N) is 1. The standard InChI is InChI=1S/C10H11N3O/c1-2-3-7-4-5-8-9(6-7)11-13-12-10(8)14/h4-6H,2-3H2,1H3,(H,11,12,14). The smallest absolute Gasteiger partial charge is 0.267 e.